The van der Waals surface area contributed by atoms with Crippen molar-refractivity contribution in [3.05, 3.63) is 0 Å². The van der Waals surface area contributed by atoms with E-state index in [0.29, 0.717) is 13.0 Å². The number of aliphatic hydroxyl groups is 1. The van der Waals surface area contributed by atoms with Crippen molar-refractivity contribution >= 4 is 5.91 Å². The first-order valence-corrected chi connectivity index (χ1v) is 3.61. The average Bonchev–Trinajstić information content (AvgIpc) is 1.79. The van der Waals surface area contributed by atoms with Crippen LogP contribution in [0.25, 0.3) is 0 Å². The molecule has 1 atom stereocenters. The number of carbonyl (C=O) groups excluding carboxylic acids is 1. The smallest absolute Gasteiger partial charge is 0.223 e. The number of hydrogen-bond donors (Lipinski definition) is 3. The second kappa shape index (κ2) is 3.69. The van der Waals surface area contributed by atoms with Gasteiger partial charge in [-0.3, -0.25) is 4.79 Å². The van der Waals surface area contributed by atoms with Crippen LogP contribution in [0.1, 0.15) is 20.3 Å². The lowest BCUT2D eigenvalue weighted by molar-refractivity contribution is -0.129. The molecule has 1 amide bonds. The summed E-state index contributed by atoms with van der Waals surface area (Å²) in [6.45, 7) is 3.47. The second-order valence-corrected chi connectivity index (χ2v) is 3.19. The number of amides is 1. The van der Waals surface area contributed by atoms with Gasteiger partial charge in [-0.1, -0.05) is 0 Å². The molecule has 0 bridgehead atoms. The highest BCUT2D eigenvalue weighted by Crippen LogP contribution is 2.18. The van der Waals surface area contributed by atoms with Crippen LogP contribution >= 0.6 is 0 Å². The molecule has 66 valence electrons. The lowest BCUT2D eigenvalue weighted by atomic mass is 9.88. The van der Waals surface area contributed by atoms with Gasteiger partial charge in [0.2, 0.25) is 5.91 Å². The van der Waals surface area contributed by atoms with Crippen LogP contribution < -0.4 is 11.5 Å². The van der Waals surface area contributed by atoms with Gasteiger partial charge in [0.05, 0.1) is 11.5 Å². The Morgan fingerprint density at radius 1 is 1.64 bits per heavy atom. The van der Waals surface area contributed by atoms with Gasteiger partial charge in [-0.15, -0.1) is 0 Å². The highest BCUT2D eigenvalue weighted by Gasteiger charge is 2.30. The first-order valence-electron chi connectivity index (χ1n) is 3.61. The molecular weight excluding hydrogens is 144 g/mol. The Morgan fingerprint density at radius 2 is 2.09 bits per heavy atom. The molecule has 0 fully saturated rings. The Morgan fingerprint density at radius 3 is 2.18 bits per heavy atom. The van der Waals surface area contributed by atoms with Gasteiger partial charge in [0.25, 0.3) is 0 Å². The molecule has 0 rings (SSSR count). The summed E-state index contributed by atoms with van der Waals surface area (Å²) in [6, 6.07) is 0. The van der Waals surface area contributed by atoms with Gasteiger partial charge >= 0.3 is 0 Å². The third-order valence-electron chi connectivity index (χ3n) is 1.65. The number of rotatable bonds is 4. The zero-order chi connectivity index (χ0) is 9.07. The predicted octanol–water partition coefficient (Wildman–Crippen LogP) is -0.792. The van der Waals surface area contributed by atoms with Crippen LogP contribution in [-0.2, 0) is 4.79 Å². The SMILES string of the molecule is CC(C)(O)C(CCN)C(N)=O. The quantitative estimate of drug-likeness (QED) is 0.503. The molecule has 0 radical (unpaired) electrons. The molecule has 4 heteroatoms. The Labute approximate surface area is 66.6 Å². The van der Waals surface area contributed by atoms with E-state index in [9.17, 15) is 9.90 Å². The van der Waals surface area contributed by atoms with Gasteiger partial charge < -0.3 is 16.6 Å². The first-order chi connectivity index (χ1) is 4.89. The minimum atomic E-state index is -1.06. The largest absolute Gasteiger partial charge is 0.390 e. The molecule has 0 saturated carbocycles. The van der Waals surface area contributed by atoms with E-state index in [0.717, 1.165) is 0 Å². The van der Waals surface area contributed by atoms with Crippen molar-refractivity contribution in [2.75, 3.05) is 6.54 Å². The molecule has 11 heavy (non-hydrogen) atoms. The molecule has 0 aliphatic rings. The van der Waals surface area contributed by atoms with E-state index in [1.54, 1.807) is 13.8 Å². The Kier molecular flexibility index (Phi) is 3.48. The summed E-state index contributed by atoms with van der Waals surface area (Å²) in [7, 11) is 0. The normalized spacial score (nSPS) is 14.5. The summed E-state index contributed by atoms with van der Waals surface area (Å²) in [5.74, 6) is -1.05. The van der Waals surface area contributed by atoms with Crippen LogP contribution in [0.3, 0.4) is 0 Å². The van der Waals surface area contributed by atoms with Crippen LogP contribution in [0.15, 0.2) is 0 Å². The maximum Gasteiger partial charge on any atom is 0.223 e. The zero-order valence-corrected chi connectivity index (χ0v) is 7.00. The molecule has 0 aromatic rings. The van der Waals surface area contributed by atoms with Crippen molar-refractivity contribution < 1.29 is 9.90 Å². The summed E-state index contributed by atoms with van der Waals surface area (Å²) in [5, 5.41) is 9.42. The maximum absolute atomic E-state index is 10.7. The number of nitrogens with two attached hydrogens (primary N) is 2. The standard InChI is InChI=1S/C7H16N2O2/c1-7(2,11)5(3-4-8)6(9)10/h5,11H,3-4,8H2,1-2H3,(H2,9,10). The Balaban J connectivity index is 4.22. The molecule has 0 saturated heterocycles. The van der Waals surface area contributed by atoms with Gasteiger partial charge in [0, 0.05) is 0 Å². The fourth-order valence-corrected chi connectivity index (χ4v) is 1.01. The fourth-order valence-electron chi connectivity index (χ4n) is 1.01. The molecular formula is C7H16N2O2. The van der Waals surface area contributed by atoms with Gasteiger partial charge in [0.1, 0.15) is 0 Å². The van der Waals surface area contributed by atoms with Crippen molar-refractivity contribution in [2.24, 2.45) is 17.4 Å². The molecule has 4 nitrogen and oxygen atoms in total. The minimum Gasteiger partial charge on any atom is -0.390 e. The number of hydrogen-bond acceptors (Lipinski definition) is 3. The van der Waals surface area contributed by atoms with Crippen molar-refractivity contribution in [2.45, 2.75) is 25.9 Å². The lowest BCUT2D eigenvalue weighted by Crippen LogP contribution is -2.41. The number of carbonyl (C=O) groups is 1. The van der Waals surface area contributed by atoms with Gasteiger partial charge in [-0.2, -0.15) is 0 Å². The lowest BCUT2D eigenvalue weighted by Gasteiger charge is -2.25. The van der Waals surface area contributed by atoms with Crippen molar-refractivity contribution in [1.82, 2.24) is 0 Å². The first kappa shape index (κ1) is 10.4. The maximum atomic E-state index is 10.7. The Bertz CT molecular complexity index is 140. The molecule has 0 aliphatic heterocycles. The molecule has 0 aromatic heterocycles. The van der Waals surface area contributed by atoms with Crippen molar-refractivity contribution in [3.8, 4) is 0 Å². The second-order valence-electron chi connectivity index (χ2n) is 3.19. The summed E-state index contributed by atoms with van der Waals surface area (Å²) < 4.78 is 0. The van der Waals surface area contributed by atoms with Crippen molar-refractivity contribution in [1.29, 1.82) is 0 Å². The summed E-state index contributed by atoms with van der Waals surface area (Å²) >= 11 is 0. The minimum absolute atomic E-state index is 0.359. The Hall–Kier alpha value is -0.610. The average molecular weight is 160 g/mol. The third-order valence-corrected chi connectivity index (χ3v) is 1.65. The number of primary amides is 1. The molecule has 0 aromatic carbocycles. The summed E-state index contributed by atoms with van der Waals surface area (Å²) in [5.41, 5.74) is 9.24. The van der Waals surface area contributed by atoms with E-state index in [4.69, 9.17) is 11.5 Å². The fraction of sp³-hybridized carbons (Fsp3) is 0.857. The van der Waals surface area contributed by atoms with Crippen LogP contribution in [0.2, 0.25) is 0 Å². The van der Waals surface area contributed by atoms with Crippen LogP contribution in [-0.4, -0.2) is 23.2 Å². The summed E-state index contributed by atoms with van der Waals surface area (Å²) in [6.07, 6.45) is 0.429. The van der Waals surface area contributed by atoms with E-state index in [-0.39, 0.29) is 0 Å². The van der Waals surface area contributed by atoms with E-state index in [2.05, 4.69) is 0 Å². The van der Waals surface area contributed by atoms with Crippen LogP contribution in [0, 0.1) is 5.92 Å². The molecule has 1 unspecified atom stereocenters. The van der Waals surface area contributed by atoms with Gasteiger partial charge in [-0.25, -0.2) is 0 Å². The van der Waals surface area contributed by atoms with Crippen molar-refractivity contribution in [3.63, 3.8) is 0 Å². The summed E-state index contributed by atoms with van der Waals surface area (Å²) in [4.78, 5) is 10.7. The monoisotopic (exact) mass is 160 g/mol. The van der Waals surface area contributed by atoms with Crippen LogP contribution in [0.5, 0.6) is 0 Å². The molecule has 0 spiro atoms. The highest BCUT2D eigenvalue weighted by molar-refractivity contribution is 5.77. The zero-order valence-electron chi connectivity index (χ0n) is 7.00. The van der Waals surface area contributed by atoms with E-state index in [1.807, 2.05) is 0 Å². The van der Waals surface area contributed by atoms with Gasteiger partial charge in [-0.05, 0) is 26.8 Å². The molecule has 0 aliphatic carbocycles. The molecule has 0 heterocycles. The highest BCUT2D eigenvalue weighted by atomic mass is 16.3. The topological polar surface area (TPSA) is 89.3 Å². The van der Waals surface area contributed by atoms with E-state index >= 15 is 0 Å². The van der Waals surface area contributed by atoms with Gasteiger partial charge in [0.15, 0.2) is 0 Å². The van der Waals surface area contributed by atoms with Crippen LogP contribution in [0.4, 0.5) is 0 Å². The van der Waals surface area contributed by atoms with E-state index < -0.39 is 17.4 Å². The molecule has 5 N–H and O–H groups in total. The van der Waals surface area contributed by atoms with E-state index in [1.165, 1.54) is 0 Å². The predicted molar refractivity (Wildman–Crippen MR) is 42.7 cm³/mol. The third kappa shape index (κ3) is 3.34.